The highest BCUT2D eigenvalue weighted by Gasteiger charge is 2.07. The van der Waals surface area contributed by atoms with Gasteiger partial charge in [0.15, 0.2) is 5.65 Å². The van der Waals surface area contributed by atoms with Crippen molar-refractivity contribution in [1.82, 2.24) is 9.38 Å². The molecule has 0 aliphatic carbocycles. The lowest BCUT2D eigenvalue weighted by Crippen LogP contribution is -2.10. The molecule has 0 saturated carbocycles. The molecule has 0 aliphatic rings. The van der Waals surface area contributed by atoms with Gasteiger partial charge in [-0.3, -0.25) is 4.79 Å². The second kappa shape index (κ2) is 2.99. The molecular formula is C8H6IN3O. The zero-order chi connectivity index (χ0) is 9.42. The molecule has 0 bridgehead atoms. The third-order valence-corrected chi connectivity index (χ3v) is 2.53. The average molecular weight is 287 g/mol. The number of halogens is 1. The molecule has 0 atom stereocenters. The van der Waals surface area contributed by atoms with Gasteiger partial charge in [0.05, 0.1) is 3.57 Å². The quantitative estimate of drug-likeness (QED) is 0.797. The van der Waals surface area contributed by atoms with E-state index in [2.05, 4.69) is 27.6 Å². The van der Waals surface area contributed by atoms with Crippen LogP contribution in [-0.2, 0) is 0 Å². The summed E-state index contributed by atoms with van der Waals surface area (Å²) in [5, 5.41) is 0. The van der Waals surface area contributed by atoms with E-state index in [4.69, 9.17) is 5.73 Å². The predicted octanol–water partition coefficient (Wildman–Crippen LogP) is 1.04. The lowest BCUT2D eigenvalue weighted by atomic mass is 10.5. The molecule has 0 radical (unpaired) electrons. The maximum absolute atomic E-state index is 10.8. The number of hydrogen-bond donors (Lipinski definition) is 1. The van der Waals surface area contributed by atoms with Gasteiger partial charge in [-0.05, 0) is 34.7 Å². The number of nitrogens with zero attached hydrogens (tertiary/aromatic N) is 2. The van der Waals surface area contributed by atoms with Crippen molar-refractivity contribution >= 4 is 34.1 Å². The molecule has 0 saturated heterocycles. The highest BCUT2D eigenvalue weighted by molar-refractivity contribution is 14.1. The van der Waals surface area contributed by atoms with Crippen LogP contribution in [0.3, 0.4) is 0 Å². The third kappa shape index (κ3) is 1.39. The molecule has 2 aromatic heterocycles. The molecule has 2 aromatic rings. The van der Waals surface area contributed by atoms with Crippen molar-refractivity contribution in [3.05, 3.63) is 33.8 Å². The Labute approximate surface area is 87.9 Å². The van der Waals surface area contributed by atoms with Gasteiger partial charge >= 0.3 is 0 Å². The smallest absolute Gasteiger partial charge is 0.268 e. The van der Waals surface area contributed by atoms with Gasteiger partial charge in [0.25, 0.3) is 5.91 Å². The number of fused-ring (bicyclic) bond motifs is 1. The van der Waals surface area contributed by atoms with Gasteiger partial charge in [0.2, 0.25) is 0 Å². The Bertz CT molecular complexity index is 477. The van der Waals surface area contributed by atoms with Crippen LogP contribution in [0.25, 0.3) is 5.65 Å². The van der Waals surface area contributed by atoms with Gasteiger partial charge in [-0.25, -0.2) is 4.98 Å². The topological polar surface area (TPSA) is 60.4 Å². The first-order valence-electron chi connectivity index (χ1n) is 3.61. The minimum Gasteiger partial charge on any atom is -0.364 e. The van der Waals surface area contributed by atoms with Gasteiger partial charge < -0.3 is 10.1 Å². The first-order valence-corrected chi connectivity index (χ1v) is 4.69. The summed E-state index contributed by atoms with van der Waals surface area (Å²) in [6, 6.07) is 3.81. The van der Waals surface area contributed by atoms with Crippen molar-refractivity contribution in [3.8, 4) is 0 Å². The Morgan fingerprint density at radius 3 is 3.00 bits per heavy atom. The fourth-order valence-corrected chi connectivity index (χ4v) is 1.70. The standard InChI is InChI=1S/C8H6IN3O/c9-5-2-1-3-12-4-6(7(10)13)11-8(5)12/h1-4H,(H2,10,13). The second-order valence-corrected chi connectivity index (χ2v) is 3.74. The summed E-state index contributed by atoms with van der Waals surface area (Å²) < 4.78 is 2.77. The fraction of sp³-hybridized carbons (Fsp3) is 0. The van der Waals surface area contributed by atoms with Crippen LogP contribution < -0.4 is 5.73 Å². The van der Waals surface area contributed by atoms with Crippen molar-refractivity contribution in [1.29, 1.82) is 0 Å². The molecule has 1 amide bonds. The molecule has 0 fully saturated rings. The summed E-state index contributed by atoms with van der Waals surface area (Å²) >= 11 is 2.16. The van der Waals surface area contributed by atoms with Crippen LogP contribution in [0, 0.1) is 3.57 Å². The predicted molar refractivity (Wildman–Crippen MR) is 56.4 cm³/mol. The van der Waals surface area contributed by atoms with E-state index in [0.29, 0.717) is 5.69 Å². The number of aromatic nitrogens is 2. The first kappa shape index (κ1) is 8.49. The second-order valence-electron chi connectivity index (χ2n) is 2.58. The summed E-state index contributed by atoms with van der Waals surface area (Å²) in [6.45, 7) is 0. The van der Waals surface area contributed by atoms with Crippen LogP contribution in [0.2, 0.25) is 0 Å². The van der Waals surface area contributed by atoms with Crippen molar-refractivity contribution in [2.75, 3.05) is 0 Å². The molecule has 0 unspecified atom stereocenters. The van der Waals surface area contributed by atoms with E-state index in [9.17, 15) is 4.79 Å². The molecule has 13 heavy (non-hydrogen) atoms. The summed E-state index contributed by atoms with van der Waals surface area (Å²) in [5.41, 5.74) is 6.17. The Morgan fingerprint density at radius 1 is 1.62 bits per heavy atom. The summed E-state index contributed by atoms with van der Waals surface area (Å²) in [6.07, 6.45) is 3.46. The number of primary amides is 1. The van der Waals surface area contributed by atoms with E-state index in [0.717, 1.165) is 9.22 Å². The lowest BCUT2D eigenvalue weighted by Gasteiger charge is -1.92. The molecule has 2 heterocycles. The maximum atomic E-state index is 10.8. The maximum Gasteiger partial charge on any atom is 0.268 e. The van der Waals surface area contributed by atoms with Crippen molar-refractivity contribution in [2.45, 2.75) is 0 Å². The van der Waals surface area contributed by atoms with Gasteiger partial charge in [-0.2, -0.15) is 0 Å². The number of pyridine rings is 1. The number of rotatable bonds is 1. The molecule has 2 N–H and O–H groups in total. The normalized spacial score (nSPS) is 10.5. The largest absolute Gasteiger partial charge is 0.364 e. The molecule has 4 nitrogen and oxygen atoms in total. The zero-order valence-corrected chi connectivity index (χ0v) is 8.72. The van der Waals surface area contributed by atoms with E-state index in [1.165, 1.54) is 0 Å². The molecule has 0 aliphatic heterocycles. The van der Waals surface area contributed by atoms with E-state index in [1.807, 2.05) is 18.3 Å². The third-order valence-electron chi connectivity index (χ3n) is 1.69. The van der Waals surface area contributed by atoms with Crippen LogP contribution in [0.4, 0.5) is 0 Å². The van der Waals surface area contributed by atoms with Gasteiger partial charge in [-0.15, -0.1) is 0 Å². The SMILES string of the molecule is NC(=O)c1cn2cccc(I)c2n1. The van der Waals surface area contributed by atoms with Crippen molar-refractivity contribution in [2.24, 2.45) is 5.73 Å². The van der Waals surface area contributed by atoms with E-state index >= 15 is 0 Å². The van der Waals surface area contributed by atoms with Gasteiger partial charge in [0.1, 0.15) is 5.69 Å². The summed E-state index contributed by atoms with van der Waals surface area (Å²) in [5.74, 6) is -0.500. The lowest BCUT2D eigenvalue weighted by molar-refractivity contribution is 0.0996. The van der Waals surface area contributed by atoms with Crippen LogP contribution in [0.1, 0.15) is 10.5 Å². The Hall–Kier alpha value is -1.11. The monoisotopic (exact) mass is 287 g/mol. The van der Waals surface area contributed by atoms with Crippen molar-refractivity contribution < 1.29 is 4.79 Å². The minimum atomic E-state index is -0.500. The molecule has 0 aromatic carbocycles. The fourth-order valence-electron chi connectivity index (χ4n) is 1.10. The highest BCUT2D eigenvalue weighted by atomic mass is 127. The van der Waals surface area contributed by atoms with E-state index in [1.54, 1.807) is 10.6 Å². The molecule has 0 spiro atoms. The number of amides is 1. The van der Waals surface area contributed by atoms with Crippen molar-refractivity contribution in [3.63, 3.8) is 0 Å². The Kier molecular flexibility index (Phi) is 1.95. The Morgan fingerprint density at radius 2 is 2.38 bits per heavy atom. The number of carbonyl (C=O) groups is 1. The number of carbonyl (C=O) groups excluding carboxylic acids is 1. The van der Waals surface area contributed by atoms with Crippen LogP contribution in [0.15, 0.2) is 24.5 Å². The van der Waals surface area contributed by atoms with E-state index < -0.39 is 5.91 Å². The average Bonchev–Trinajstić information content (AvgIpc) is 2.49. The van der Waals surface area contributed by atoms with Gasteiger partial charge in [0, 0.05) is 12.4 Å². The summed E-state index contributed by atoms with van der Waals surface area (Å²) in [4.78, 5) is 14.9. The first-order chi connectivity index (χ1) is 6.18. The molecule has 5 heteroatoms. The van der Waals surface area contributed by atoms with E-state index in [-0.39, 0.29) is 0 Å². The minimum absolute atomic E-state index is 0.295. The molecular weight excluding hydrogens is 281 g/mol. The molecule has 66 valence electrons. The number of nitrogens with two attached hydrogens (primary N) is 1. The van der Waals surface area contributed by atoms with Crippen LogP contribution >= 0.6 is 22.6 Å². The summed E-state index contributed by atoms with van der Waals surface area (Å²) in [7, 11) is 0. The zero-order valence-electron chi connectivity index (χ0n) is 6.57. The Balaban J connectivity index is 2.75. The number of hydrogen-bond acceptors (Lipinski definition) is 2. The molecule has 2 rings (SSSR count). The number of imidazole rings is 1. The highest BCUT2D eigenvalue weighted by Crippen LogP contribution is 2.12. The van der Waals surface area contributed by atoms with Gasteiger partial charge in [-0.1, -0.05) is 0 Å². The van der Waals surface area contributed by atoms with Crippen LogP contribution in [-0.4, -0.2) is 15.3 Å². The van der Waals surface area contributed by atoms with Crippen LogP contribution in [0.5, 0.6) is 0 Å².